The third-order valence-electron chi connectivity index (χ3n) is 2.33. The summed E-state index contributed by atoms with van der Waals surface area (Å²) in [5, 5.41) is 4.13. The molecule has 0 aliphatic carbocycles. The standard InChI is InChI=1S/C10H11IN4O2/c1-2-15-5-7(3-12-15)4-14-6-8(11)9(16)13-10(14)17/h3,5-6H,2,4H2,1H3,(H,13,16,17). The number of aryl methyl sites for hydroxylation is 1. The van der Waals surface area contributed by atoms with Gasteiger partial charge in [-0.1, -0.05) is 0 Å². The van der Waals surface area contributed by atoms with Gasteiger partial charge in [-0.3, -0.25) is 19.0 Å². The molecule has 2 aromatic rings. The number of hydrogen-bond donors (Lipinski definition) is 1. The van der Waals surface area contributed by atoms with Gasteiger partial charge in [0.15, 0.2) is 0 Å². The first-order chi connectivity index (χ1) is 8.10. The molecule has 0 aliphatic rings. The van der Waals surface area contributed by atoms with Gasteiger partial charge in [-0.05, 0) is 29.5 Å². The number of rotatable bonds is 3. The highest BCUT2D eigenvalue weighted by Crippen LogP contribution is 2.01. The minimum Gasteiger partial charge on any atom is -0.295 e. The molecule has 6 nitrogen and oxygen atoms in total. The molecule has 0 bridgehead atoms. The summed E-state index contributed by atoms with van der Waals surface area (Å²) in [5.41, 5.74) is 0.174. The van der Waals surface area contributed by atoms with Gasteiger partial charge in [-0.15, -0.1) is 0 Å². The monoisotopic (exact) mass is 346 g/mol. The molecule has 1 N–H and O–H groups in total. The average Bonchev–Trinajstić information content (AvgIpc) is 2.73. The van der Waals surface area contributed by atoms with E-state index in [1.807, 2.05) is 35.7 Å². The summed E-state index contributed by atoms with van der Waals surface area (Å²) in [6.07, 6.45) is 5.14. The maximum absolute atomic E-state index is 11.5. The Kier molecular flexibility index (Phi) is 3.46. The molecule has 0 saturated carbocycles. The number of nitrogens with one attached hydrogen (secondary N) is 1. The average molecular weight is 346 g/mol. The van der Waals surface area contributed by atoms with Crippen molar-refractivity contribution in [2.45, 2.75) is 20.0 Å². The van der Waals surface area contributed by atoms with Crippen LogP contribution in [0.4, 0.5) is 0 Å². The Hall–Kier alpha value is -1.38. The number of hydrogen-bond acceptors (Lipinski definition) is 3. The highest BCUT2D eigenvalue weighted by molar-refractivity contribution is 14.1. The van der Waals surface area contributed by atoms with Gasteiger partial charge >= 0.3 is 5.69 Å². The fraction of sp³-hybridized carbons (Fsp3) is 0.300. The fourth-order valence-electron chi connectivity index (χ4n) is 1.46. The van der Waals surface area contributed by atoms with Crippen molar-refractivity contribution < 1.29 is 0 Å². The van der Waals surface area contributed by atoms with Crippen molar-refractivity contribution in [3.63, 3.8) is 0 Å². The molecule has 2 aromatic heterocycles. The first kappa shape index (κ1) is 12.1. The van der Waals surface area contributed by atoms with Crippen LogP contribution in [0.1, 0.15) is 12.5 Å². The molecule has 0 saturated heterocycles. The minimum absolute atomic E-state index is 0.351. The molecular weight excluding hydrogens is 335 g/mol. The Morgan fingerprint density at radius 1 is 1.41 bits per heavy atom. The van der Waals surface area contributed by atoms with Crippen LogP contribution in [0.2, 0.25) is 0 Å². The van der Waals surface area contributed by atoms with Crippen LogP contribution in [0.25, 0.3) is 0 Å². The van der Waals surface area contributed by atoms with Crippen molar-refractivity contribution in [3.05, 3.63) is 48.6 Å². The summed E-state index contributed by atoms with van der Waals surface area (Å²) in [7, 11) is 0. The van der Waals surface area contributed by atoms with Gasteiger partial charge < -0.3 is 0 Å². The van der Waals surface area contributed by atoms with E-state index in [2.05, 4.69) is 10.1 Å². The number of aromatic amines is 1. The largest absolute Gasteiger partial charge is 0.328 e. The van der Waals surface area contributed by atoms with Gasteiger partial charge in [0.2, 0.25) is 0 Å². The van der Waals surface area contributed by atoms with E-state index in [0.717, 1.165) is 12.1 Å². The zero-order chi connectivity index (χ0) is 12.4. The topological polar surface area (TPSA) is 72.7 Å². The molecule has 0 aliphatic heterocycles. The quantitative estimate of drug-likeness (QED) is 0.818. The fourth-order valence-corrected chi connectivity index (χ4v) is 1.93. The first-order valence-corrected chi connectivity index (χ1v) is 6.18. The zero-order valence-corrected chi connectivity index (χ0v) is 11.3. The van der Waals surface area contributed by atoms with E-state index in [4.69, 9.17) is 0 Å². The van der Waals surface area contributed by atoms with Gasteiger partial charge in [0.1, 0.15) is 0 Å². The summed E-state index contributed by atoms with van der Waals surface area (Å²) in [6.45, 7) is 3.19. The van der Waals surface area contributed by atoms with Crippen molar-refractivity contribution in [2.75, 3.05) is 0 Å². The molecule has 0 spiro atoms. The lowest BCUT2D eigenvalue weighted by molar-refractivity contribution is 0.657. The maximum Gasteiger partial charge on any atom is 0.328 e. The second-order valence-electron chi connectivity index (χ2n) is 3.57. The van der Waals surface area contributed by atoms with E-state index in [1.165, 1.54) is 4.57 Å². The second-order valence-corrected chi connectivity index (χ2v) is 4.73. The summed E-state index contributed by atoms with van der Waals surface area (Å²) >= 11 is 1.90. The third kappa shape index (κ3) is 2.65. The first-order valence-electron chi connectivity index (χ1n) is 5.10. The highest BCUT2D eigenvalue weighted by Gasteiger charge is 2.04. The summed E-state index contributed by atoms with van der Waals surface area (Å²) in [6, 6.07) is 0. The van der Waals surface area contributed by atoms with Crippen molar-refractivity contribution in [2.24, 2.45) is 0 Å². The second kappa shape index (κ2) is 4.86. The predicted molar refractivity (Wildman–Crippen MR) is 71.0 cm³/mol. The molecule has 0 unspecified atom stereocenters. The van der Waals surface area contributed by atoms with Gasteiger partial charge in [-0.2, -0.15) is 5.10 Å². The van der Waals surface area contributed by atoms with Crippen LogP contribution in [-0.4, -0.2) is 19.3 Å². The third-order valence-corrected chi connectivity index (χ3v) is 3.10. The molecule has 0 radical (unpaired) electrons. The lowest BCUT2D eigenvalue weighted by Gasteiger charge is -2.02. The van der Waals surface area contributed by atoms with E-state index in [0.29, 0.717) is 10.1 Å². The van der Waals surface area contributed by atoms with Crippen LogP contribution in [-0.2, 0) is 13.1 Å². The van der Waals surface area contributed by atoms with Crippen LogP contribution in [0.5, 0.6) is 0 Å². The Labute approximate surface area is 110 Å². The normalized spacial score (nSPS) is 10.7. The summed E-state index contributed by atoms with van der Waals surface area (Å²) < 4.78 is 3.74. The lowest BCUT2D eigenvalue weighted by atomic mass is 10.3. The van der Waals surface area contributed by atoms with E-state index >= 15 is 0 Å². The number of halogens is 1. The van der Waals surface area contributed by atoms with E-state index in [-0.39, 0.29) is 5.56 Å². The molecule has 0 amide bonds. The molecule has 0 fully saturated rings. The molecular formula is C10H11IN4O2. The van der Waals surface area contributed by atoms with Crippen molar-refractivity contribution in [1.29, 1.82) is 0 Å². The smallest absolute Gasteiger partial charge is 0.295 e. The van der Waals surface area contributed by atoms with E-state index < -0.39 is 5.69 Å². The Morgan fingerprint density at radius 2 is 2.18 bits per heavy atom. The number of nitrogens with zero attached hydrogens (tertiary/aromatic N) is 3. The van der Waals surface area contributed by atoms with Gasteiger partial charge in [0.25, 0.3) is 5.56 Å². The zero-order valence-electron chi connectivity index (χ0n) is 9.18. The highest BCUT2D eigenvalue weighted by atomic mass is 127. The Balaban J connectivity index is 2.33. The lowest BCUT2D eigenvalue weighted by Crippen LogP contribution is -2.31. The Morgan fingerprint density at radius 3 is 2.82 bits per heavy atom. The van der Waals surface area contributed by atoms with Crippen LogP contribution in [0.15, 0.2) is 28.2 Å². The molecule has 0 aromatic carbocycles. The molecule has 0 atom stereocenters. The molecule has 2 heterocycles. The van der Waals surface area contributed by atoms with Crippen molar-refractivity contribution in [1.82, 2.24) is 19.3 Å². The van der Waals surface area contributed by atoms with Crippen LogP contribution < -0.4 is 11.2 Å². The van der Waals surface area contributed by atoms with Crippen LogP contribution in [0, 0.1) is 3.57 Å². The Bertz CT molecular complexity index is 640. The maximum atomic E-state index is 11.5. The van der Waals surface area contributed by atoms with E-state index in [9.17, 15) is 9.59 Å². The minimum atomic E-state index is -0.403. The van der Waals surface area contributed by atoms with Crippen LogP contribution in [0.3, 0.4) is 0 Å². The van der Waals surface area contributed by atoms with Gasteiger partial charge in [0.05, 0.1) is 16.3 Å². The molecule has 90 valence electrons. The van der Waals surface area contributed by atoms with Crippen molar-refractivity contribution >= 4 is 22.6 Å². The van der Waals surface area contributed by atoms with Crippen molar-refractivity contribution in [3.8, 4) is 0 Å². The van der Waals surface area contributed by atoms with Crippen LogP contribution >= 0.6 is 22.6 Å². The van der Waals surface area contributed by atoms with E-state index in [1.54, 1.807) is 17.1 Å². The number of H-pyrrole nitrogens is 1. The molecule has 7 heteroatoms. The molecule has 2 rings (SSSR count). The number of aromatic nitrogens is 4. The summed E-state index contributed by atoms with van der Waals surface area (Å²) in [5.74, 6) is 0. The predicted octanol–water partition coefficient (Wildman–Crippen LogP) is 0.406. The molecule has 17 heavy (non-hydrogen) atoms. The summed E-state index contributed by atoms with van der Waals surface area (Å²) in [4.78, 5) is 25.0. The SMILES string of the molecule is CCn1cc(Cn2cc(I)c(=O)[nH]c2=O)cn1. The van der Waals surface area contributed by atoms with Gasteiger partial charge in [0, 0.05) is 24.5 Å². The van der Waals surface area contributed by atoms with Gasteiger partial charge in [-0.25, -0.2) is 4.79 Å².